The molecule has 1 atom stereocenters. The van der Waals surface area contributed by atoms with Gasteiger partial charge in [0.15, 0.2) is 0 Å². The van der Waals surface area contributed by atoms with Crippen molar-refractivity contribution in [3.05, 3.63) is 30.1 Å². The molecule has 1 aliphatic rings. The molecule has 2 aromatic rings. The van der Waals surface area contributed by atoms with Crippen molar-refractivity contribution in [2.45, 2.75) is 18.8 Å². The number of aromatic nitrogens is 2. The van der Waals surface area contributed by atoms with Crippen LogP contribution in [0.5, 0.6) is 0 Å². The number of nitrogens with zero attached hydrogens (tertiary/aromatic N) is 2. The molecule has 3 rings (SSSR count). The van der Waals surface area contributed by atoms with Crippen molar-refractivity contribution >= 4 is 11.0 Å². The number of β-amino-alcohol motifs (C(OH)–C–C–N with tert-alkyl or cyclic N) is 1. The van der Waals surface area contributed by atoms with Crippen LogP contribution in [-0.4, -0.2) is 46.2 Å². The lowest BCUT2D eigenvalue weighted by atomic mass is 9.97. The van der Waals surface area contributed by atoms with Gasteiger partial charge in [-0.3, -0.25) is 0 Å². The van der Waals surface area contributed by atoms with E-state index < -0.39 is 0 Å². The van der Waals surface area contributed by atoms with Crippen molar-refractivity contribution in [2.75, 3.05) is 26.2 Å². The third-order valence-electron chi connectivity index (χ3n) is 3.72. The summed E-state index contributed by atoms with van der Waals surface area (Å²) in [6.07, 6.45) is 2.36. The molecule has 2 N–H and O–H groups in total. The van der Waals surface area contributed by atoms with Gasteiger partial charge in [0.1, 0.15) is 5.82 Å². The van der Waals surface area contributed by atoms with E-state index in [2.05, 4.69) is 20.9 Å². The van der Waals surface area contributed by atoms with Gasteiger partial charge in [-0.15, -0.1) is 0 Å². The van der Waals surface area contributed by atoms with Crippen LogP contribution < -0.4 is 0 Å². The van der Waals surface area contributed by atoms with E-state index in [0.717, 1.165) is 36.5 Å². The summed E-state index contributed by atoms with van der Waals surface area (Å²) in [6, 6.07) is 8.17. The largest absolute Gasteiger partial charge is 0.395 e. The number of aromatic amines is 1. The Hall–Kier alpha value is -1.39. The summed E-state index contributed by atoms with van der Waals surface area (Å²) in [5, 5.41) is 9.02. The Kier molecular flexibility index (Phi) is 3.30. The van der Waals surface area contributed by atoms with Crippen molar-refractivity contribution in [2.24, 2.45) is 0 Å². The molecular weight excluding hydrogens is 226 g/mol. The summed E-state index contributed by atoms with van der Waals surface area (Å²) in [6.45, 7) is 3.11. The van der Waals surface area contributed by atoms with Crippen LogP contribution in [0.2, 0.25) is 0 Å². The Morgan fingerprint density at radius 2 is 2.28 bits per heavy atom. The smallest absolute Gasteiger partial charge is 0.111 e. The van der Waals surface area contributed by atoms with E-state index in [-0.39, 0.29) is 6.61 Å². The number of fused-ring (bicyclic) bond motifs is 1. The number of rotatable bonds is 3. The van der Waals surface area contributed by atoms with Gasteiger partial charge < -0.3 is 15.0 Å². The highest BCUT2D eigenvalue weighted by molar-refractivity contribution is 5.74. The first kappa shape index (κ1) is 11.7. The number of H-pyrrole nitrogens is 1. The minimum atomic E-state index is 0.243. The maximum Gasteiger partial charge on any atom is 0.111 e. The van der Waals surface area contributed by atoms with E-state index in [0.29, 0.717) is 5.92 Å². The number of aliphatic hydroxyl groups excluding tert-OH is 1. The first-order chi connectivity index (χ1) is 8.86. The molecule has 0 spiro atoms. The van der Waals surface area contributed by atoms with Gasteiger partial charge in [0.05, 0.1) is 17.6 Å². The molecule has 1 aromatic heterocycles. The molecule has 96 valence electrons. The van der Waals surface area contributed by atoms with Crippen LogP contribution in [-0.2, 0) is 0 Å². The number of para-hydroxylation sites is 2. The molecule has 1 fully saturated rings. The zero-order valence-corrected chi connectivity index (χ0v) is 10.5. The van der Waals surface area contributed by atoms with Crippen LogP contribution in [0.15, 0.2) is 24.3 Å². The lowest BCUT2D eigenvalue weighted by molar-refractivity contribution is 0.159. The quantitative estimate of drug-likeness (QED) is 0.866. The number of likely N-dealkylation sites (tertiary alicyclic amines) is 1. The Labute approximate surface area is 107 Å². The van der Waals surface area contributed by atoms with Crippen LogP contribution in [0.3, 0.4) is 0 Å². The van der Waals surface area contributed by atoms with Crippen molar-refractivity contribution in [3.63, 3.8) is 0 Å². The monoisotopic (exact) mass is 245 g/mol. The van der Waals surface area contributed by atoms with E-state index in [1.807, 2.05) is 18.2 Å². The zero-order valence-electron chi connectivity index (χ0n) is 10.5. The van der Waals surface area contributed by atoms with Crippen molar-refractivity contribution < 1.29 is 5.11 Å². The van der Waals surface area contributed by atoms with Gasteiger partial charge in [-0.2, -0.15) is 0 Å². The highest BCUT2D eigenvalue weighted by Gasteiger charge is 2.23. The second kappa shape index (κ2) is 5.08. The normalized spacial score (nSPS) is 21.5. The fourth-order valence-electron chi connectivity index (χ4n) is 2.79. The first-order valence-corrected chi connectivity index (χ1v) is 6.64. The Morgan fingerprint density at radius 3 is 3.11 bits per heavy atom. The Morgan fingerprint density at radius 1 is 1.39 bits per heavy atom. The average Bonchev–Trinajstić information content (AvgIpc) is 2.83. The molecular formula is C14H19N3O. The van der Waals surface area contributed by atoms with Gasteiger partial charge in [-0.05, 0) is 31.5 Å². The molecule has 0 amide bonds. The lowest BCUT2D eigenvalue weighted by Crippen LogP contribution is -2.36. The Balaban J connectivity index is 1.80. The molecule has 0 radical (unpaired) electrons. The topological polar surface area (TPSA) is 52.1 Å². The molecule has 1 aliphatic heterocycles. The summed E-state index contributed by atoms with van der Waals surface area (Å²) in [4.78, 5) is 10.4. The van der Waals surface area contributed by atoms with E-state index in [1.165, 1.54) is 12.8 Å². The van der Waals surface area contributed by atoms with Crippen molar-refractivity contribution in [1.29, 1.82) is 0 Å². The lowest BCUT2D eigenvalue weighted by Gasteiger charge is -2.31. The van der Waals surface area contributed by atoms with Crippen LogP contribution in [0, 0.1) is 0 Å². The SMILES string of the molecule is OCCN1CCCC(c2nc3ccccc3[nH]2)C1. The minimum absolute atomic E-state index is 0.243. The number of hydrogen-bond acceptors (Lipinski definition) is 3. The Bertz CT molecular complexity index is 487. The summed E-state index contributed by atoms with van der Waals surface area (Å²) < 4.78 is 0. The average molecular weight is 245 g/mol. The number of benzene rings is 1. The first-order valence-electron chi connectivity index (χ1n) is 6.64. The molecule has 1 unspecified atom stereocenters. The maximum atomic E-state index is 9.02. The van der Waals surface area contributed by atoms with Gasteiger partial charge in [0.25, 0.3) is 0 Å². The molecule has 1 saturated heterocycles. The number of nitrogens with one attached hydrogen (secondary N) is 1. The molecule has 4 nitrogen and oxygen atoms in total. The van der Waals surface area contributed by atoms with E-state index in [9.17, 15) is 0 Å². The van der Waals surface area contributed by atoms with Crippen LogP contribution >= 0.6 is 0 Å². The summed E-state index contributed by atoms with van der Waals surface area (Å²) in [5.74, 6) is 1.57. The fourth-order valence-corrected chi connectivity index (χ4v) is 2.79. The minimum Gasteiger partial charge on any atom is -0.395 e. The molecule has 1 aromatic carbocycles. The molecule has 0 saturated carbocycles. The summed E-state index contributed by atoms with van der Waals surface area (Å²) in [7, 11) is 0. The van der Waals surface area contributed by atoms with E-state index in [1.54, 1.807) is 0 Å². The third kappa shape index (κ3) is 2.26. The molecule has 18 heavy (non-hydrogen) atoms. The van der Waals surface area contributed by atoms with Gasteiger partial charge in [0, 0.05) is 19.0 Å². The highest BCUT2D eigenvalue weighted by Crippen LogP contribution is 2.26. The molecule has 0 aliphatic carbocycles. The number of piperidine rings is 1. The van der Waals surface area contributed by atoms with Crippen molar-refractivity contribution in [3.8, 4) is 0 Å². The van der Waals surface area contributed by atoms with Gasteiger partial charge >= 0.3 is 0 Å². The van der Waals surface area contributed by atoms with Crippen LogP contribution in [0.25, 0.3) is 11.0 Å². The van der Waals surface area contributed by atoms with E-state index in [4.69, 9.17) is 5.11 Å². The highest BCUT2D eigenvalue weighted by atomic mass is 16.3. The van der Waals surface area contributed by atoms with Gasteiger partial charge in [0.2, 0.25) is 0 Å². The zero-order chi connectivity index (χ0) is 12.4. The van der Waals surface area contributed by atoms with Crippen LogP contribution in [0.1, 0.15) is 24.6 Å². The summed E-state index contributed by atoms with van der Waals surface area (Å²) in [5.41, 5.74) is 2.17. The van der Waals surface area contributed by atoms with E-state index >= 15 is 0 Å². The molecule has 0 bridgehead atoms. The van der Waals surface area contributed by atoms with Crippen LogP contribution in [0.4, 0.5) is 0 Å². The second-order valence-corrected chi connectivity index (χ2v) is 5.00. The number of aliphatic hydroxyl groups is 1. The fraction of sp³-hybridized carbons (Fsp3) is 0.500. The second-order valence-electron chi connectivity index (χ2n) is 5.00. The van der Waals surface area contributed by atoms with Crippen molar-refractivity contribution in [1.82, 2.24) is 14.9 Å². The predicted molar refractivity (Wildman–Crippen MR) is 71.6 cm³/mol. The number of imidazole rings is 1. The van der Waals surface area contributed by atoms with Gasteiger partial charge in [-0.25, -0.2) is 4.98 Å². The molecule has 4 heteroatoms. The maximum absolute atomic E-state index is 9.02. The van der Waals surface area contributed by atoms with Gasteiger partial charge in [-0.1, -0.05) is 12.1 Å². The summed E-state index contributed by atoms with van der Waals surface area (Å²) >= 11 is 0. The predicted octanol–water partition coefficient (Wildman–Crippen LogP) is 1.73. The third-order valence-corrected chi connectivity index (χ3v) is 3.72. The molecule has 2 heterocycles. The number of hydrogen-bond donors (Lipinski definition) is 2. The standard InChI is InChI=1S/C14H19N3O/c18-9-8-17-7-3-4-11(10-17)14-15-12-5-1-2-6-13(12)16-14/h1-2,5-6,11,18H,3-4,7-10H2,(H,15,16).